The molecule has 0 saturated heterocycles. The fraction of sp³-hybridized carbons (Fsp3) is 0.133. The highest BCUT2D eigenvalue weighted by atomic mass is 32.2. The molecule has 3 rings (SSSR count). The number of aromatic nitrogens is 2. The largest absolute Gasteiger partial charge is 0.318 e. The van der Waals surface area contributed by atoms with Crippen molar-refractivity contribution >= 4 is 20.9 Å². The third-order valence-corrected chi connectivity index (χ3v) is 4.98. The monoisotopic (exact) mass is 322 g/mol. The highest BCUT2D eigenvalue weighted by molar-refractivity contribution is 7.90. The van der Waals surface area contributed by atoms with E-state index in [9.17, 15) is 17.2 Å². The third-order valence-electron chi connectivity index (χ3n) is 3.35. The lowest BCUT2D eigenvalue weighted by atomic mass is 10.2. The van der Waals surface area contributed by atoms with E-state index in [1.807, 2.05) is 0 Å². The van der Waals surface area contributed by atoms with Crippen LogP contribution < -0.4 is 0 Å². The van der Waals surface area contributed by atoms with Gasteiger partial charge in [0.1, 0.15) is 11.6 Å². The number of halogens is 2. The zero-order valence-electron chi connectivity index (χ0n) is 11.6. The van der Waals surface area contributed by atoms with Crippen molar-refractivity contribution < 1.29 is 17.2 Å². The van der Waals surface area contributed by atoms with E-state index in [0.717, 1.165) is 0 Å². The quantitative estimate of drug-likeness (QED) is 0.745. The van der Waals surface area contributed by atoms with Crippen molar-refractivity contribution in [3.05, 3.63) is 59.7 Å². The molecule has 0 aliphatic heterocycles. The van der Waals surface area contributed by atoms with Crippen molar-refractivity contribution in [2.45, 2.75) is 10.9 Å². The molecule has 0 unspecified atom stereocenters. The third kappa shape index (κ3) is 2.59. The van der Waals surface area contributed by atoms with E-state index >= 15 is 0 Å². The van der Waals surface area contributed by atoms with Gasteiger partial charge in [0.15, 0.2) is 0 Å². The number of rotatable bonds is 3. The summed E-state index contributed by atoms with van der Waals surface area (Å²) < 4.78 is 52.5. The summed E-state index contributed by atoms with van der Waals surface area (Å²) in [7, 11) is -2.16. The molecule has 0 fully saturated rings. The van der Waals surface area contributed by atoms with E-state index in [0.29, 0.717) is 11.1 Å². The van der Waals surface area contributed by atoms with E-state index in [4.69, 9.17) is 0 Å². The van der Waals surface area contributed by atoms with Crippen LogP contribution in [-0.4, -0.2) is 18.0 Å². The predicted octanol–water partition coefficient (Wildman–Crippen LogP) is 2.83. The molecule has 0 N–H and O–H groups in total. The van der Waals surface area contributed by atoms with Gasteiger partial charge >= 0.3 is 0 Å². The molecule has 7 heteroatoms. The number of benzene rings is 2. The predicted molar refractivity (Wildman–Crippen MR) is 78.0 cm³/mol. The van der Waals surface area contributed by atoms with Gasteiger partial charge in [-0.3, -0.25) is 0 Å². The second-order valence-corrected chi connectivity index (χ2v) is 6.86. The molecule has 2 aromatic carbocycles. The Morgan fingerprint density at radius 1 is 1.05 bits per heavy atom. The Bertz CT molecular complexity index is 948. The van der Waals surface area contributed by atoms with Crippen molar-refractivity contribution in [2.75, 3.05) is 0 Å². The number of nitrogens with zero attached hydrogens (tertiary/aromatic N) is 2. The van der Waals surface area contributed by atoms with Gasteiger partial charge in [0.2, 0.25) is 15.0 Å². The summed E-state index contributed by atoms with van der Waals surface area (Å²) in [5.41, 5.74) is 1.26. The van der Waals surface area contributed by atoms with Gasteiger partial charge in [-0.2, -0.15) is 0 Å². The van der Waals surface area contributed by atoms with Crippen LogP contribution in [0, 0.1) is 11.6 Å². The second kappa shape index (κ2) is 5.17. The Labute approximate surface area is 125 Å². The van der Waals surface area contributed by atoms with Gasteiger partial charge in [0.25, 0.3) is 0 Å². The number of hydrogen-bond acceptors (Lipinski definition) is 3. The summed E-state index contributed by atoms with van der Waals surface area (Å²) in [6, 6.07) is 9.15. The molecule has 1 heterocycles. The molecular formula is C15H12F2N2O2S. The fourth-order valence-electron chi connectivity index (χ4n) is 2.29. The van der Waals surface area contributed by atoms with Crippen molar-refractivity contribution in [1.82, 2.24) is 9.55 Å². The molecule has 1 aromatic heterocycles. The van der Waals surface area contributed by atoms with Gasteiger partial charge in [0, 0.05) is 13.1 Å². The Hall–Kier alpha value is -2.28. The van der Waals surface area contributed by atoms with Crippen LogP contribution in [0.1, 0.15) is 5.56 Å². The Morgan fingerprint density at radius 3 is 2.36 bits per heavy atom. The van der Waals surface area contributed by atoms with Crippen LogP contribution in [0.15, 0.2) is 47.6 Å². The SMILES string of the molecule is Cn1c(S(=O)(=O)Cc2ccc(F)cc2)nc2cc(F)ccc21. The zero-order chi connectivity index (χ0) is 15.9. The summed E-state index contributed by atoms with van der Waals surface area (Å²) >= 11 is 0. The summed E-state index contributed by atoms with van der Waals surface area (Å²) in [5, 5.41) is -0.141. The summed E-state index contributed by atoms with van der Waals surface area (Å²) in [6.07, 6.45) is 0. The zero-order valence-corrected chi connectivity index (χ0v) is 12.4. The topological polar surface area (TPSA) is 52.0 Å². The molecule has 0 aliphatic carbocycles. The lowest BCUT2D eigenvalue weighted by Crippen LogP contribution is -2.11. The molecule has 0 spiro atoms. The number of sulfone groups is 1. The van der Waals surface area contributed by atoms with E-state index in [1.165, 1.54) is 47.0 Å². The van der Waals surface area contributed by atoms with Crippen LogP contribution in [0.25, 0.3) is 11.0 Å². The fourth-order valence-corrected chi connectivity index (χ4v) is 3.81. The molecule has 0 amide bonds. The second-order valence-electron chi connectivity index (χ2n) is 4.97. The molecular weight excluding hydrogens is 310 g/mol. The molecule has 0 saturated carbocycles. The average molecular weight is 322 g/mol. The standard InChI is InChI=1S/C15H12F2N2O2S/c1-19-14-7-6-12(17)8-13(14)18-15(19)22(20,21)9-10-2-4-11(16)5-3-10/h2-8H,9H2,1H3. The van der Waals surface area contributed by atoms with Crippen molar-refractivity contribution in [2.24, 2.45) is 7.05 Å². The van der Waals surface area contributed by atoms with Crippen LogP contribution in [0.4, 0.5) is 8.78 Å². The first kappa shape index (κ1) is 14.6. The minimum Gasteiger partial charge on any atom is -0.318 e. The van der Waals surface area contributed by atoms with Gasteiger partial charge in [-0.15, -0.1) is 0 Å². The lowest BCUT2D eigenvalue weighted by Gasteiger charge is -2.05. The maximum Gasteiger partial charge on any atom is 0.228 e. The lowest BCUT2D eigenvalue weighted by molar-refractivity contribution is 0.579. The highest BCUT2D eigenvalue weighted by Gasteiger charge is 2.23. The molecule has 0 radical (unpaired) electrons. The van der Waals surface area contributed by atoms with Crippen LogP contribution >= 0.6 is 0 Å². The number of aryl methyl sites for hydroxylation is 1. The van der Waals surface area contributed by atoms with E-state index in [-0.39, 0.29) is 16.4 Å². The van der Waals surface area contributed by atoms with Crippen LogP contribution in [0.5, 0.6) is 0 Å². The normalized spacial score (nSPS) is 12.0. The molecule has 3 aromatic rings. The van der Waals surface area contributed by atoms with Gasteiger partial charge < -0.3 is 4.57 Å². The minimum atomic E-state index is -3.72. The maximum atomic E-state index is 13.2. The van der Waals surface area contributed by atoms with E-state index < -0.39 is 21.5 Å². The Kier molecular flexibility index (Phi) is 3.44. The van der Waals surface area contributed by atoms with Crippen LogP contribution in [0.2, 0.25) is 0 Å². The summed E-state index contributed by atoms with van der Waals surface area (Å²) in [4.78, 5) is 4.02. The number of hydrogen-bond donors (Lipinski definition) is 0. The Morgan fingerprint density at radius 2 is 1.68 bits per heavy atom. The van der Waals surface area contributed by atoms with Crippen LogP contribution in [0.3, 0.4) is 0 Å². The molecule has 114 valence electrons. The first-order chi connectivity index (χ1) is 10.4. The molecule has 22 heavy (non-hydrogen) atoms. The van der Waals surface area contributed by atoms with E-state index in [1.54, 1.807) is 7.05 Å². The molecule has 0 atom stereocenters. The highest BCUT2D eigenvalue weighted by Crippen LogP contribution is 2.22. The van der Waals surface area contributed by atoms with Crippen LogP contribution in [-0.2, 0) is 22.6 Å². The summed E-state index contributed by atoms with van der Waals surface area (Å²) in [5.74, 6) is -1.21. The van der Waals surface area contributed by atoms with Gasteiger partial charge in [-0.1, -0.05) is 12.1 Å². The van der Waals surface area contributed by atoms with Crippen molar-refractivity contribution in [1.29, 1.82) is 0 Å². The number of imidazole rings is 1. The van der Waals surface area contributed by atoms with Crippen molar-refractivity contribution in [3.8, 4) is 0 Å². The molecule has 0 aliphatic rings. The van der Waals surface area contributed by atoms with Gasteiger partial charge in [-0.05, 0) is 29.8 Å². The van der Waals surface area contributed by atoms with Crippen molar-refractivity contribution in [3.63, 3.8) is 0 Å². The van der Waals surface area contributed by atoms with Gasteiger partial charge in [-0.25, -0.2) is 22.2 Å². The minimum absolute atomic E-state index is 0.141. The van der Waals surface area contributed by atoms with E-state index in [2.05, 4.69) is 4.98 Å². The first-order valence-electron chi connectivity index (χ1n) is 6.46. The smallest absolute Gasteiger partial charge is 0.228 e. The first-order valence-corrected chi connectivity index (χ1v) is 8.11. The maximum absolute atomic E-state index is 13.2. The molecule has 4 nitrogen and oxygen atoms in total. The number of fused-ring (bicyclic) bond motifs is 1. The Balaban J connectivity index is 2.05. The molecule has 0 bridgehead atoms. The average Bonchev–Trinajstić information content (AvgIpc) is 2.78. The van der Waals surface area contributed by atoms with Gasteiger partial charge in [0.05, 0.1) is 16.8 Å². The summed E-state index contributed by atoms with van der Waals surface area (Å²) in [6.45, 7) is 0.